The first-order chi connectivity index (χ1) is 17.7. The third kappa shape index (κ3) is 6.29. The Kier molecular flexibility index (Phi) is 7.76. The Hall–Kier alpha value is -3.12. The van der Waals surface area contributed by atoms with E-state index >= 15 is 0 Å². The van der Waals surface area contributed by atoms with Crippen molar-refractivity contribution in [3.05, 3.63) is 46.2 Å². The first-order valence-corrected chi connectivity index (χ1v) is 12.5. The topological polar surface area (TPSA) is 96.9 Å². The molecule has 1 unspecified atom stereocenters. The SMILES string of the molecule is CC1c2c(Cl)cc(C(F)(F)F)cc2CCN1C(=O)[C@H]1CN(c2cncc(NC(=O)OC(C)(C)C)n2)CCO1. The lowest BCUT2D eigenvalue weighted by molar-refractivity contribution is -0.147. The standard InChI is InChI=1S/C25H29ClF3N5O4/c1-14-21-15(9-16(10-17(21)26)25(27,28)29)5-6-34(14)22(35)18-13-33(7-8-37-18)20-12-30-11-19(31-20)32-23(36)38-24(2,3)4/h9-12,14,18H,5-8,13H2,1-4H3,(H,31,32,36)/t14?,18-/m1/s1. The van der Waals surface area contributed by atoms with E-state index in [0.717, 1.165) is 12.1 Å². The summed E-state index contributed by atoms with van der Waals surface area (Å²) in [7, 11) is 0. The number of nitrogens with one attached hydrogen (secondary N) is 1. The van der Waals surface area contributed by atoms with Crippen LogP contribution >= 0.6 is 11.6 Å². The number of benzene rings is 1. The highest BCUT2D eigenvalue weighted by Crippen LogP contribution is 2.40. The highest BCUT2D eigenvalue weighted by atomic mass is 35.5. The number of hydrogen-bond donors (Lipinski definition) is 1. The number of carbonyl (C=O) groups excluding carboxylic acids is 2. The first kappa shape index (κ1) is 27.9. The summed E-state index contributed by atoms with van der Waals surface area (Å²) in [5.41, 5.74) is -0.482. The van der Waals surface area contributed by atoms with Gasteiger partial charge in [-0.25, -0.2) is 9.78 Å². The normalized spacial score (nSPS) is 20.1. The van der Waals surface area contributed by atoms with Crippen LogP contribution < -0.4 is 10.2 Å². The number of ether oxygens (including phenoxy) is 2. The van der Waals surface area contributed by atoms with Gasteiger partial charge in [0.2, 0.25) is 0 Å². The van der Waals surface area contributed by atoms with Crippen molar-refractivity contribution < 1.29 is 32.2 Å². The molecule has 9 nitrogen and oxygen atoms in total. The van der Waals surface area contributed by atoms with Crippen LogP contribution in [0.3, 0.4) is 0 Å². The van der Waals surface area contributed by atoms with Gasteiger partial charge in [0, 0.05) is 18.1 Å². The fourth-order valence-corrected chi connectivity index (χ4v) is 4.97. The number of hydrogen-bond acceptors (Lipinski definition) is 7. The molecule has 1 aromatic heterocycles. The number of alkyl halides is 3. The van der Waals surface area contributed by atoms with Crippen molar-refractivity contribution in [3.8, 4) is 0 Å². The fraction of sp³-hybridized carbons (Fsp3) is 0.520. The molecule has 0 aliphatic carbocycles. The molecular formula is C25H29ClF3N5O4. The molecular weight excluding hydrogens is 527 g/mol. The van der Waals surface area contributed by atoms with Gasteiger partial charge in [-0.15, -0.1) is 0 Å². The molecule has 2 aliphatic rings. The third-order valence-electron chi connectivity index (χ3n) is 6.25. The van der Waals surface area contributed by atoms with Gasteiger partial charge >= 0.3 is 12.3 Å². The maximum absolute atomic E-state index is 13.5. The van der Waals surface area contributed by atoms with E-state index in [0.29, 0.717) is 23.5 Å². The molecule has 2 amide bonds. The molecule has 2 aliphatic heterocycles. The minimum atomic E-state index is -4.50. The number of fused-ring (bicyclic) bond motifs is 1. The summed E-state index contributed by atoms with van der Waals surface area (Å²) >= 11 is 6.26. The second-order valence-electron chi connectivity index (χ2n) is 10.2. The largest absolute Gasteiger partial charge is 0.444 e. The van der Waals surface area contributed by atoms with Crippen molar-refractivity contribution in [3.63, 3.8) is 0 Å². The van der Waals surface area contributed by atoms with Gasteiger partial charge in [0.1, 0.15) is 11.4 Å². The molecule has 2 atom stereocenters. The molecule has 3 heterocycles. The zero-order valence-electron chi connectivity index (χ0n) is 21.4. The van der Waals surface area contributed by atoms with E-state index in [1.807, 2.05) is 4.90 Å². The summed E-state index contributed by atoms with van der Waals surface area (Å²) in [5.74, 6) is 0.347. The van der Waals surface area contributed by atoms with Crippen molar-refractivity contribution >= 4 is 35.2 Å². The van der Waals surface area contributed by atoms with Gasteiger partial charge in [0.05, 0.1) is 37.2 Å². The second-order valence-corrected chi connectivity index (χ2v) is 10.6. The lowest BCUT2D eigenvalue weighted by Crippen LogP contribution is -2.53. The van der Waals surface area contributed by atoms with Crippen molar-refractivity contribution in [2.24, 2.45) is 0 Å². The zero-order chi connectivity index (χ0) is 27.8. The average Bonchev–Trinajstić information content (AvgIpc) is 2.82. The van der Waals surface area contributed by atoms with E-state index in [2.05, 4.69) is 15.3 Å². The van der Waals surface area contributed by atoms with Crippen molar-refractivity contribution in [1.82, 2.24) is 14.9 Å². The van der Waals surface area contributed by atoms with E-state index in [1.165, 1.54) is 12.4 Å². The van der Waals surface area contributed by atoms with Crippen LogP contribution in [-0.2, 0) is 26.9 Å². The number of nitrogens with zero attached hydrogens (tertiary/aromatic N) is 4. The summed E-state index contributed by atoms with van der Waals surface area (Å²) in [6.07, 6.45) is -2.85. The maximum atomic E-state index is 13.5. The van der Waals surface area contributed by atoms with Crippen molar-refractivity contribution in [1.29, 1.82) is 0 Å². The molecule has 2 aromatic rings. The summed E-state index contributed by atoms with van der Waals surface area (Å²) < 4.78 is 50.7. The van der Waals surface area contributed by atoms with Crippen LogP contribution in [0.25, 0.3) is 0 Å². The molecule has 0 bridgehead atoms. The highest BCUT2D eigenvalue weighted by Gasteiger charge is 2.38. The Labute approximate surface area is 223 Å². The number of anilines is 2. The van der Waals surface area contributed by atoms with Crippen LogP contribution in [0.4, 0.5) is 29.6 Å². The highest BCUT2D eigenvalue weighted by molar-refractivity contribution is 6.31. The number of aromatic nitrogens is 2. The van der Waals surface area contributed by atoms with E-state index in [1.54, 1.807) is 32.6 Å². The fourth-order valence-electron chi connectivity index (χ4n) is 4.57. The summed E-state index contributed by atoms with van der Waals surface area (Å²) in [5, 5.41) is 2.53. The Morgan fingerprint density at radius 1 is 1.18 bits per heavy atom. The third-order valence-corrected chi connectivity index (χ3v) is 6.56. The van der Waals surface area contributed by atoms with Gasteiger partial charge in [0.15, 0.2) is 11.9 Å². The Morgan fingerprint density at radius 3 is 2.61 bits per heavy atom. The summed E-state index contributed by atoms with van der Waals surface area (Å²) in [6.45, 7) is 8.08. The number of halogens is 4. The Morgan fingerprint density at radius 2 is 1.92 bits per heavy atom. The first-order valence-electron chi connectivity index (χ1n) is 12.1. The van der Waals surface area contributed by atoms with Gasteiger partial charge in [-0.3, -0.25) is 15.1 Å². The maximum Gasteiger partial charge on any atom is 0.416 e. The van der Waals surface area contributed by atoms with E-state index in [-0.39, 0.29) is 42.9 Å². The smallest absolute Gasteiger partial charge is 0.416 e. The van der Waals surface area contributed by atoms with Gasteiger partial charge in [-0.2, -0.15) is 13.2 Å². The molecule has 38 heavy (non-hydrogen) atoms. The molecule has 0 radical (unpaired) electrons. The molecule has 1 saturated heterocycles. The Balaban J connectivity index is 1.46. The van der Waals surface area contributed by atoms with Crippen molar-refractivity contribution in [2.45, 2.75) is 58.0 Å². The Bertz CT molecular complexity index is 1220. The lowest BCUT2D eigenvalue weighted by atomic mass is 9.91. The van der Waals surface area contributed by atoms with E-state index < -0.39 is 35.6 Å². The quantitative estimate of drug-likeness (QED) is 0.578. The number of amides is 2. The average molecular weight is 556 g/mol. The molecule has 13 heteroatoms. The zero-order valence-corrected chi connectivity index (χ0v) is 22.2. The summed E-state index contributed by atoms with van der Waals surface area (Å²) in [6, 6.07) is 1.48. The van der Waals surface area contributed by atoms with Crippen molar-refractivity contribution in [2.75, 3.05) is 36.5 Å². The van der Waals surface area contributed by atoms with Crippen LogP contribution in [-0.4, -0.2) is 64.8 Å². The van der Waals surface area contributed by atoms with Crippen LogP contribution in [0.5, 0.6) is 0 Å². The van der Waals surface area contributed by atoms with Gasteiger partial charge in [-0.05, 0) is 57.4 Å². The molecule has 1 fully saturated rings. The molecule has 1 N–H and O–H groups in total. The molecule has 1 aromatic carbocycles. The molecule has 4 rings (SSSR count). The van der Waals surface area contributed by atoms with Crippen LogP contribution in [0.15, 0.2) is 24.5 Å². The van der Waals surface area contributed by atoms with E-state index in [4.69, 9.17) is 21.1 Å². The minimum Gasteiger partial charge on any atom is -0.444 e. The minimum absolute atomic E-state index is 0.0180. The molecule has 206 valence electrons. The number of carbonyl (C=O) groups is 2. The van der Waals surface area contributed by atoms with Gasteiger partial charge in [0.25, 0.3) is 5.91 Å². The lowest BCUT2D eigenvalue weighted by Gasteiger charge is -2.40. The number of rotatable bonds is 3. The van der Waals surface area contributed by atoms with Crippen LogP contribution in [0.1, 0.15) is 50.4 Å². The predicted octanol–water partition coefficient (Wildman–Crippen LogP) is 4.85. The second kappa shape index (κ2) is 10.6. The molecule has 0 spiro atoms. The molecule has 0 saturated carbocycles. The van der Waals surface area contributed by atoms with Gasteiger partial charge < -0.3 is 19.3 Å². The van der Waals surface area contributed by atoms with E-state index in [9.17, 15) is 22.8 Å². The van der Waals surface area contributed by atoms with Crippen LogP contribution in [0, 0.1) is 0 Å². The van der Waals surface area contributed by atoms with Gasteiger partial charge in [-0.1, -0.05) is 11.6 Å². The van der Waals surface area contributed by atoms with Crippen LogP contribution in [0.2, 0.25) is 5.02 Å². The number of morpholine rings is 1. The monoisotopic (exact) mass is 555 g/mol. The predicted molar refractivity (Wildman–Crippen MR) is 134 cm³/mol. The summed E-state index contributed by atoms with van der Waals surface area (Å²) in [4.78, 5) is 37.5.